The number of hydrogen-bond donors (Lipinski definition) is 3. The minimum absolute atomic E-state index is 0.178. The molecule has 2 heterocycles. The fourth-order valence-corrected chi connectivity index (χ4v) is 5.76. The lowest BCUT2D eigenvalue weighted by Gasteiger charge is -2.08. The van der Waals surface area contributed by atoms with Crippen LogP contribution in [0.15, 0.2) is 156 Å². The van der Waals surface area contributed by atoms with E-state index in [9.17, 15) is 40.3 Å². The molecule has 2 aromatic heterocycles. The van der Waals surface area contributed by atoms with Crippen LogP contribution >= 0.6 is 0 Å². The molecule has 0 saturated carbocycles. The number of carbonyl (C=O) groups is 3. The second-order valence-corrected chi connectivity index (χ2v) is 15.3. The molecule has 0 saturated heterocycles. The van der Waals surface area contributed by atoms with Crippen LogP contribution in [-0.2, 0) is 34.3 Å². The van der Waals surface area contributed by atoms with E-state index in [1.807, 2.05) is 73.9 Å². The Morgan fingerprint density at radius 1 is 0.456 bits per heavy atom. The lowest BCUT2D eigenvalue weighted by atomic mass is 10.1. The number of pyridine rings is 2. The molecule has 0 bridgehead atoms. The molecule has 0 atom stereocenters. The zero-order chi connectivity index (χ0) is 41.8. The van der Waals surface area contributed by atoms with Crippen molar-refractivity contribution in [3.63, 3.8) is 0 Å². The second-order valence-electron chi connectivity index (χ2n) is 12.6. The number of anilines is 3. The first-order valence-electron chi connectivity index (χ1n) is 17.0. The van der Waals surface area contributed by atoms with Crippen LogP contribution in [0.3, 0.4) is 0 Å². The van der Waals surface area contributed by atoms with Gasteiger partial charge in [0.15, 0.2) is 24.8 Å². The van der Waals surface area contributed by atoms with Crippen LogP contribution in [0.2, 0.25) is 0 Å². The summed E-state index contributed by atoms with van der Waals surface area (Å²) < 4.78 is 66.0. The fourth-order valence-electron chi connectivity index (χ4n) is 4.82. The summed E-state index contributed by atoms with van der Waals surface area (Å²) in [6.07, 6.45) is 7.36. The lowest BCUT2D eigenvalue weighted by Crippen LogP contribution is -2.27. The highest BCUT2D eigenvalue weighted by Crippen LogP contribution is 2.15. The van der Waals surface area contributed by atoms with E-state index in [1.165, 1.54) is 24.3 Å². The van der Waals surface area contributed by atoms with Gasteiger partial charge in [0.2, 0.25) is 0 Å². The average Bonchev–Trinajstić information content (AvgIpc) is 3.15. The molecule has 14 nitrogen and oxygen atoms in total. The molecule has 0 aliphatic heterocycles. The molecule has 57 heavy (non-hydrogen) atoms. The van der Waals surface area contributed by atoms with Gasteiger partial charge in [-0.05, 0) is 98.8 Å². The zero-order valence-electron chi connectivity index (χ0n) is 31.2. The van der Waals surface area contributed by atoms with Gasteiger partial charge in [0.25, 0.3) is 17.7 Å². The van der Waals surface area contributed by atoms with E-state index in [0.29, 0.717) is 33.8 Å². The lowest BCUT2D eigenvalue weighted by molar-refractivity contribution is -0.670. The topological polar surface area (TPSA) is 209 Å². The maximum absolute atomic E-state index is 12.6. The van der Waals surface area contributed by atoms with Crippen molar-refractivity contribution in [2.45, 2.75) is 23.6 Å². The summed E-state index contributed by atoms with van der Waals surface area (Å²) in [4.78, 5) is 37.2. The number of aryl methyl sites for hydroxylation is 4. The number of nitrogens with one attached hydrogen (secondary N) is 3. The standard InChI is InChI=1S/C27H23N5O3.2C7H8O3S/c1-31-15-3-5-23(17-31)29-26(34)20-9-7-19(8-10-20)25(33)28-22-13-11-21(12-14-22)27(35)30-24-6-4-16-32(2)18-24;2*1-6-2-4-7(5-3-6)11(8,9)10/h3-18H,1-2H3,(H-2,28,29,30,33,34,35);2*2-5H,1H3,(H,8,9,10). The highest BCUT2D eigenvalue weighted by Gasteiger charge is 2.12. The number of amides is 3. The molecule has 6 aromatic rings. The van der Waals surface area contributed by atoms with Gasteiger partial charge < -0.3 is 25.1 Å². The number of nitrogens with zero attached hydrogens (tertiary/aromatic N) is 2. The van der Waals surface area contributed by atoms with Gasteiger partial charge >= 0.3 is 0 Å². The monoisotopic (exact) mass is 809 g/mol. The third-order valence-electron chi connectivity index (χ3n) is 7.83. The predicted octanol–water partition coefficient (Wildman–Crippen LogP) is 4.89. The summed E-state index contributed by atoms with van der Waals surface area (Å²) in [6, 6.07) is 31.9. The Morgan fingerprint density at radius 3 is 1.05 bits per heavy atom. The van der Waals surface area contributed by atoms with Crippen LogP contribution in [0.1, 0.15) is 42.2 Å². The summed E-state index contributed by atoms with van der Waals surface area (Å²) in [5.74, 6) is -0.825. The van der Waals surface area contributed by atoms with Crippen LogP contribution in [0.4, 0.5) is 17.1 Å². The predicted molar refractivity (Wildman–Crippen MR) is 210 cm³/mol. The Morgan fingerprint density at radius 2 is 0.754 bits per heavy atom. The minimum Gasteiger partial charge on any atom is -0.744 e. The first-order chi connectivity index (χ1) is 26.9. The van der Waals surface area contributed by atoms with Gasteiger partial charge in [-0.15, -0.1) is 0 Å². The van der Waals surface area contributed by atoms with Crippen molar-refractivity contribution in [2.75, 3.05) is 16.0 Å². The highest BCUT2D eigenvalue weighted by molar-refractivity contribution is 7.86. The summed E-state index contributed by atoms with van der Waals surface area (Å²) in [5, 5.41) is 8.46. The van der Waals surface area contributed by atoms with Crippen molar-refractivity contribution in [3.8, 4) is 0 Å². The molecule has 3 N–H and O–H groups in total. The van der Waals surface area contributed by atoms with Gasteiger partial charge in [-0.2, -0.15) is 0 Å². The Hall–Kier alpha value is -6.59. The molecule has 4 aromatic carbocycles. The maximum atomic E-state index is 12.6. The molecule has 6 rings (SSSR count). The normalized spacial score (nSPS) is 10.8. The van der Waals surface area contributed by atoms with Crippen LogP contribution in [0.5, 0.6) is 0 Å². The number of benzene rings is 4. The highest BCUT2D eigenvalue weighted by atomic mass is 32.2. The number of hydrogen-bond acceptors (Lipinski definition) is 9. The molecule has 0 radical (unpaired) electrons. The van der Waals surface area contributed by atoms with Crippen LogP contribution in [0, 0.1) is 13.8 Å². The van der Waals surface area contributed by atoms with E-state index in [2.05, 4.69) is 16.0 Å². The van der Waals surface area contributed by atoms with Gasteiger partial charge in [-0.1, -0.05) is 35.4 Å². The summed E-state index contributed by atoms with van der Waals surface area (Å²) in [6.45, 7) is 3.64. The summed E-state index contributed by atoms with van der Waals surface area (Å²) in [7, 11) is -4.79. The van der Waals surface area contributed by atoms with Crippen LogP contribution < -0.4 is 25.1 Å². The number of rotatable bonds is 8. The Bertz CT molecular complexity index is 2490. The zero-order valence-corrected chi connectivity index (χ0v) is 32.9. The van der Waals surface area contributed by atoms with Gasteiger partial charge in [-0.3, -0.25) is 14.4 Å². The summed E-state index contributed by atoms with van der Waals surface area (Å²) >= 11 is 0. The van der Waals surface area contributed by atoms with E-state index in [4.69, 9.17) is 0 Å². The van der Waals surface area contributed by atoms with Crippen LogP contribution in [-0.4, -0.2) is 43.7 Å². The molecule has 0 aliphatic rings. The van der Waals surface area contributed by atoms with Crippen molar-refractivity contribution >= 4 is 55.0 Å². The molecule has 0 aliphatic carbocycles. The van der Waals surface area contributed by atoms with Gasteiger partial charge in [0.05, 0.1) is 9.79 Å². The molecule has 16 heteroatoms. The van der Waals surface area contributed by atoms with Gasteiger partial charge in [0.1, 0.15) is 45.7 Å². The smallest absolute Gasteiger partial charge is 0.255 e. The molecule has 0 fully saturated rings. The van der Waals surface area contributed by atoms with E-state index < -0.39 is 20.2 Å². The third kappa shape index (κ3) is 13.9. The molecule has 0 unspecified atom stereocenters. The Labute approximate surface area is 331 Å². The molecule has 3 amide bonds. The van der Waals surface area contributed by atoms with E-state index in [0.717, 1.165) is 11.1 Å². The van der Waals surface area contributed by atoms with Gasteiger partial charge in [-0.25, -0.2) is 26.0 Å². The van der Waals surface area contributed by atoms with Crippen molar-refractivity contribution in [1.29, 1.82) is 0 Å². The summed E-state index contributed by atoms with van der Waals surface area (Å²) in [5.41, 5.74) is 5.09. The molecular formula is C41H39N5O9S2. The Balaban J connectivity index is 0.000000265. The van der Waals surface area contributed by atoms with Crippen molar-refractivity contribution in [2.24, 2.45) is 14.1 Å². The number of aromatic nitrogens is 2. The second kappa shape index (κ2) is 19.3. The van der Waals surface area contributed by atoms with Crippen molar-refractivity contribution < 1.29 is 49.5 Å². The number of carbonyl (C=O) groups excluding carboxylic acids is 3. The average molecular weight is 810 g/mol. The molecule has 294 valence electrons. The van der Waals surface area contributed by atoms with Crippen molar-refractivity contribution in [3.05, 3.63) is 174 Å². The quantitative estimate of drug-likeness (QED) is 0.141. The first-order valence-corrected chi connectivity index (χ1v) is 19.8. The fraction of sp³-hybridized carbons (Fsp3) is 0.0976. The maximum Gasteiger partial charge on any atom is 0.255 e. The molecule has 0 spiro atoms. The third-order valence-corrected chi connectivity index (χ3v) is 9.53. The largest absolute Gasteiger partial charge is 0.744 e. The van der Waals surface area contributed by atoms with E-state index in [-0.39, 0.29) is 27.5 Å². The van der Waals surface area contributed by atoms with E-state index >= 15 is 0 Å². The Kier molecular flexibility index (Phi) is 14.6. The van der Waals surface area contributed by atoms with Crippen molar-refractivity contribution in [1.82, 2.24) is 0 Å². The van der Waals surface area contributed by atoms with E-state index in [1.54, 1.807) is 85.1 Å². The molecular weight excluding hydrogens is 771 g/mol. The van der Waals surface area contributed by atoms with Crippen LogP contribution in [0.25, 0.3) is 0 Å². The minimum atomic E-state index is -4.27. The first kappa shape index (κ1) is 43.1. The van der Waals surface area contributed by atoms with Gasteiger partial charge in [0, 0.05) is 34.5 Å². The SMILES string of the molecule is C[n+]1cccc(NC(=O)c2ccc(NC(=O)c3ccc(C(=O)Nc4ccc[n+](C)c4)cc3)cc2)c1.Cc1ccc(S(=O)(=O)[O-])cc1.Cc1ccc(S(=O)(=O)[O-])cc1.